The zero-order valence-electron chi connectivity index (χ0n) is 13.8. The number of ether oxygens (including phenoxy) is 1. The summed E-state index contributed by atoms with van der Waals surface area (Å²) in [6.45, 7) is 0.953. The van der Waals surface area contributed by atoms with Gasteiger partial charge in [0.05, 0.1) is 6.42 Å². The first-order valence-corrected chi connectivity index (χ1v) is 8.02. The van der Waals surface area contributed by atoms with Gasteiger partial charge in [-0.25, -0.2) is 0 Å². The molecule has 134 valence electrons. The van der Waals surface area contributed by atoms with Gasteiger partial charge in [0.1, 0.15) is 5.78 Å². The van der Waals surface area contributed by atoms with E-state index < -0.39 is 35.2 Å². The van der Waals surface area contributed by atoms with Gasteiger partial charge >= 0.3 is 5.97 Å². The molecule has 2 rings (SSSR count). The number of para-hydroxylation sites is 1. The monoisotopic (exact) mass is 348 g/mol. The average Bonchev–Trinajstić information content (AvgIpc) is 2.80. The summed E-state index contributed by atoms with van der Waals surface area (Å²) in [5.74, 6) is -2.70. The standard InChI is InChI=1S/C17H20N2O6/c1-11-7-15(20)13(14(11)9-19(23)24)8-17(22)25-10-16(21)18-12-5-3-2-4-6-12/h2-6,11,13-14H,7-10H2,1H3,(H,18,21)/t11-,13+,14+/m0/s1. The summed E-state index contributed by atoms with van der Waals surface area (Å²) >= 11 is 0. The van der Waals surface area contributed by atoms with Crippen LogP contribution in [0.25, 0.3) is 0 Å². The number of nitrogens with zero attached hydrogens (tertiary/aromatic N) is 1. The van der Waals surface area contributed by atoms with Crippen molar-refractivity contribution < 1.29 is 24.0 Å². The Hall–Kier alpha value is -2.77. The van der Waals surface area contributed by atoms with Gasteiger partial charge < -0.3 is 10.1 Å². The largest absolute Gasteiger partial charge is 0.456 e. The van der Waals surface area contributed by atoms with E-state index in [4.69, 9.17) is 4.74 Å². The molecule has 0 heterocycles. The minimum atomic E-state index is -0.718. The molecule has 8 nitrogen and oxygen atoms in total. The van der Waals surface area contributed by atoms with Crippen molar-refractivity contribution in [3.63, 3.8) is 0 Å². The van der Waals surface area contributed by atoms with Crippen molar-refractivity contribution >= 4 is 23.3 Å². The van der Waals surface area contributed by atoms with Crippen LogP contribution in [0.15, 0.2) is 30.3 Å². The molecule has 0 unspecified atom stereocenters. The molecule has 1 aromatic rings. The summed E-state index contributed by atoms with van der Waals surface area (Å²) in [6.07, 6.45) is -0.00869. The van der Waals surface area contributed by atoms with Gasteiger partial charge in [0, 0.05) is 28.9 Å². The number of rotatable bonds is 7. The highest BCUT2D eigenvalue weighted by Crippen LogP contribution is 2.36. The second kappa shape index (κ2) is 8.36. The molecular weight excluding hydrogens is 328 g/mol. The van der Waals surface area contributed by atoms with Crippen LogP contribution in [0, 0.1) is 27.9 Å². The summed E-state index contributed by atoms with van der Waals surface area (Å²) in [6, 6.07) is 8.70. The fourth-order valence-electron chi connectivity index (χ4n) is 3.10. The summed E-state index contributed by atoms with van der Waals surface area (Å²) < 4.78 is 4.90. The third-order valence-electron chi connectivity index (χ3n) is 4.35. The van der Waals surface area contributed by atoms with E-state index >= 15 is 0 Å². The first-order chi connectivity index (χ1) is 11.9. The fourth-order valence-corrected chi connectivity index (χ4v) is 3.10. The maximum atomic E-state index is 12.0. The topological polar surface area (TPSA) is 116 Å². The number of carbonyl (C=O) groups is 3. The van der Waals surface area contributed by atoms with E-state index in [9.17, 15) is 24.5 Å². The lowest BCUT2D eigenvalue weighted by Crippen LogP contribution is -2.28. The molecule has 1 aliphatic rings. The maximum Gasteiger partial charge on any atom is 0.307 e. The van der Waals surface area contributed by atoms with E-state index in [2.05, 4.69) is 5.32 Å². The third-order valence-corrected chi connectivity index (χ3v) is 4.35. The molecule has 0 aliphatic heterocycles. The molecule has 3 atom stereocenters. The average molecular weight is 348 g/mol. The number of ketones is 1. The molecule has 0 bridgehead atoms. The number of Topliss-reactive ketones (excluding diaryl/α,β-unsaturated/α-hetero) is 1. The highest BCUT2D eigenvalue weighted by molar-refractivity contribution is 5.93. The van der Waals surface area contributed by atoms with Crippen molar-refractivity contribution in [1.82, 2.24) is 0 Å². The first-order valence-electron chi connectivity index (χ1n) is 8.02. The first kappa shape index (κ1) is 18.6. The molecule has 25 heavy (non-hydrogen) atoms. The zero-order valence-corrected chi connectivity index (χ0v) is 13.8. The zero-order chi connectivity index (χ0) is 18.4. The van der Waals surface area contributed by atoms with Gasteiger partial charge in [-0.1, -0.05) is 25.1 Å². The van der Waals surface area contributed by atoms with Gasteiger partial charge in [0.25, 0.3) is 5.91 Å². The summed E-state index contributed by atoms with van der Waals surface area (Å²) in [7, 11) is 0. The van der Waals surface area contributed by atoms with Gasteiger partial charge in [-0.05, 0) is 18.1 Å². The number of carbonyl (C=O) groups excluding carboxylic acids is 3. The van der Waals surface area contributed by atoms with Crippen LogP contribution in [0.1, 0.15) is 19.8 Å². The number of nitrogens with one attached hydrogen (secondary N) is 1. The van der Waals surface area contributed by atoms with Gasteiger partial charge in [-0.15, -0.1) is 0 Å². The summed E-state index contributed by atoms with van der Waals surface area (Å²) in [5, 5.41) is 13.3. The van der Waals surface area contributed by atoms with Crippen LogP contribution in [0.2, 0.25) is 0 Å². The molecule has 0 saturated heterocycles. The smallest absolute Gasteiger partial charge is 0.307 e. The molecule has 1 saturated carbocycles. The molecule has 8 heteroatoms. The Morgan fingerprint density at radius 2 is 2.00 bits per heavy atom. The highest BCUT2D eigenvalue weighted by Gasteiger charge is 2.44. The molecule has 1 N–H and O–H groups in total. The second-order valence-corrected chi connectivity index (χ2v) is 6.21. The Kier molecular flexibility index (Phi) is 6.21. The summed E-state index contributed by atoms with van der Waals surface area (Å²) in [4.78, 5) is 45.9. The number of nitro groups is 1. The van der Waals surface area contributed by atoms with E-state index in [0.29, 0.717) is 5.69 Å². The van der Waals surface area contributed by atoms with E-state index in [-0.39, 0.29) is 31.1 Å². The molecule has 1 fully saturated rings. The maximum absolute atomic E-state index is 12.0. The quantitative estimate of drug-likeness (QED) is 0.455. The Labute approximate surface area is 144 Å². The molecule has 1 aromatic carbocycles. The third kappa shape index (κ3) is 5.37. The highest BCUT2D eigenvalue weighted by atomic mass is 16.6. The van der Waals surface area contributed by atoms with E-state index in [0.717, 1.165) is 0 Å². The minimum Gasteiger partial charge on any atom is -0.456 e. The van der Waals surface area contributed by atoms with Gasteiger partial charge in [-0.3, -0.25) is 24.5 Å². The van der Waals surface area contributed by atoms with Crippen LogP contribution in [0.5, 0.6) is 0 Å². The number of amides is 1. The number of hydrogen-bond acceptors (Lipinski definition) is 6. The molecule has 0 radical (unpaired) electrons. The predicted molar refractivity (Wildman–Crippen MR) is 88.3 cm³/mol. The lowest BCUT2D eigenvalue weighted by atomic mass is 9.88. The Bertz CT molecular complexity index is 660. The predicted octanol–water partition coefficient (Wildman–Crippen LogP) is 1.68. The van der Waals surface area contributed by atoms with Gasteiger partial charge in [-0.2, -0.15) is 0 Å². The Morgan fingerprint density at radius 3 is 2.64 bits per heavy atom. The Morgan fingerprint density at radius 1 is 1.32 bits per heavy atom. The van der Waals surface area contributed by atoms with E-state index in [1.54, 1.807) is 37.3 Å². The van der Waals surface area contributed by atoms with Crippen LogP contribution < -0.4 is 5.32 Å². The van der Waals surface area contributed by atoms with Crippen LogP contribution in [-0.4, -0.2) is 35.7 Å². The molecule has 0 spiro atoms. The molecule has 1 aliphatic carbocycles. The van der Waals surface area contributed by atoms with Crippen LogP contribution in [0.3, 0.4) is 0 Å². The van der Waals surface area contributed by atoms with Gasteiger partial charge in [0.15, 0.2) is 6.61 Å². The van der Waals surface area contributed by atoms with Crippen LogP contribution in [0.4, 0.5) is 5.69 Å². The Balaban J connectivity index is 1.83. The lowest BCUT2D eigenvalue weighted by molar-refractivity contribution is -0.490. The second-order valence-electron chi connectivity index (χ2n) is 6.21. The van der Waals surface area contributed by atoms with Gasteiger partial charge in [0.2, 0.25) is 6.54 Å². The summed E-state index contributed by atoms with van der Waals surface area (Å²) in [5.41, 5.74) is 0.578. The number of hydrogen-bond donors (Lipinski definition) is 1. The minimum absolute atomic E-state index is 0.142. The van der Waals surface area contributed by atoms with Crippen LogP contribution >= 0.6 is 0 Å². The normalized spacial score (nSPS) is 22.4. The molecule has 0 aromatic heterocycles. The van der Waals surface area contributed by atoms with Crippen molar-refractivity contribution in [1.29, 1.82) is 0 Å². The number of benzene rings is 1. The van der Waals surface area contributed by atoms with Crippen molar-refractivity contribution in [2.45, 2.75) is 19.8 Å². The van der Waals surface area contributed by atoms with Crippen molar-refractivity contribution in [3.05, 3.63) is 40.4 Å². The van der Waals surface area contributed by atoms with Crippen molar-refractivity contribution in [2.75, 3.05) is 18.5 Å². The SMILES string of the molecule is C[C@H]1CC(=O)[C@H](CC(=O)OCC(=O)Nc2ccccc2)[C@@H]1C[N+](=O)[O-]. The van der Waals surface area contributed by atoms with E-state index in [1.807, 2.05) is 0 Å². The van der Waals surface area contributed by atoms with Crippen LogP contribution in [-0.2, 0) is 19.1 Å². The molecule has 1 amide bonds. The van der Waals surface area contributed by atoms with Crippen molar-refractivity contribution in [3.8, 4) is 0 Å². The fraction of sp³-hybridized carbons (Fsp3) is 0.471. The van der Waals surface area contributed by atoms with Crippen molar-refractivity contribution in [2.24, 2.45) is 17.8 Å². The number of esters is 1. The number of anilines is 1. The molecular formula is C17H20N2O6. The lowest BCUT2D eigenvalue weighted by Gasteiger charge is -2.17. The van der Waals surface area contributed by atoms with E-state index in [1.165, 1.54) is 0 Å².